The van der Waals surface area contributed by atoms with Crippen molar-refractivity contribution in [2.24, 2.45) is 0 Å². The fourth-order valence-corrected chi connectivity index (χ4v) is 1.61. The van der Waals surface area contributed by atoms with Crippen LogP contribution in [0.3, 0.4) is 0 Å². The SMILES string of the molecule is [CH2]c1cccc(-c2ccccc2)c1C. The largest absolute Gasteiger partial charge is 0.0622 e. The maximum absolute atomic E-state index is 4.01. The molecule has 14 heavy (non-hydrogen) atoms. The highest BCUT2D eigenvalue weighted by molar-refractivity contribution is 5.68. The molecule has 0 nitrogen and oxygen atoms in total. The summed E-state index contributed by atoms with van der Waals surface area (Å²) in [6.07, 6.45) is 0. The first-order valence-electron chi connectivity index (χ1n) is 4.76. The van der Waals surface area contributed by atoms with Crippen LogP contribution in [0.5, 0.6) is 0 Å². The van der Waals surface area contributed by atoms with Crippen LogP contribution in [-0.2, 0) is 0 Å². The molecule has 0 saturated heterocycles. The van der Waals surface area contributed by atoms with Crippen molar-refractivity contribution in [3.05, 3.63) is 66.6 Å². The summed E-state index contributed by atoms with van der Waals surface area (Å²) in [5, 5.41) is 0. The van der Waals surface area contributed by atoms with E-state index in [0.717, 1.165) is 5.56 Å². The second-order valence-electron chi connectivity index (χ2n) is 3.46. The quantitative estimate of drug-likeness (QED) is 0.627. The molecule has 0 atom stereocenters. The molecule has 0 spiro atoms. The monoisotopic (exact) mass is 181 g/mol. The fourth-order valence-electron chi connectivity index (χ4n) is 1.61. The molecule has 2 aromatic rings. The van der Waals surface area contributed by atoms with E-state index in [9.17, 15) is 0 Å². The highest BCUT2D eigenvalue weighted by atomic mass is 14.1. The Balaban J connectivity index is 2.58. The second kappa shape index (κ2) is 3.67. The molecular formula is C14H13. The molecule has 2 rings (SSSR count). The van der Waals surface area contributed by atoms with Crippen LogP contribution in [0, 0.1) is 13.8 Å². The van der Waals surface area contributed by atoms with Crippen molar-refractivity contribution < 1.29 is 0 Å². The van der Waals surface area contributed by atoms with Gasteiger partial charge in [0.05, 0.1) is 0 Å². The van der Waals surface area contributed by atoms with E-state index in [1.807, 2.05) is 12.1 Å². The van der Waals surface area contributed by atoms with Crippen LogP contribution in [0.1, 0.15) is 11.1 Å². The Hall–Kier alpha value is -1.56. The smallest absolute Gasteiger partial charge is 0.0152 e. The minimum absolute atomic E-state index is 1.10. The Bertz CT molecular complexity index is 427. The fraction of sp³-hybridized carbons (Fsp3) is 0.0714. The molecule has 0 N–H and O–H groups in total. The molecule has 69 valence electrons. The number of rotatable bonds is 1. The van der Waals surface area contributed by atoms with E-state index in [1.165, 1.54) is 16.7 Å². The van der Waals surface area contributed by atoms with E-state index in [0.29, 0.717) is 0 Å². The molecule has 0 amide bonds. The number of hydrogen-bond donors (Lipinski definition) is 0. The molecule has 1 radical (unpaired) electrons. The standard InChI is InChI=1S/C14H13/c1-11-7-6-10-14(12(11)2)13-8-4-3-5-9-13/h3-10H,1H2,2H3. The van der Waals surface area contributed by atoms with Gasteiger partial charge in [-0.25, -0.2) is 0 Å². The Kier molecular flexibility index (Phi) is 2.36. The molecular weight excluding hydrogens is 168 g/mol. The summed E-state index contributed by atoms with van der Waals surface area (Å²) in [4.78, 5) is 0. The summed E-state index contributed by atoms with van der Waals surface area (Å²) >= 11 is 0. The number of hydrogen-bond acceptors (Lipinski definition) is 0. The zero-order chi connectivity index (χ0) is 9.97. The predicted octanol–water partition coefficient (Wildman–Crippen LogP) is 3.84. The topological polar surface area (TPSA) is 0 Å². The van der Waals surface area contributed by atoms with E-state index in [1.54, 1.807) is 0 Å². The van der Waals surface area contributed by atoms with Crippen LogP contribution in [-0.4, -0.2) is 0 Å². The van der Waals surface area contributed by atoms with Crippen LogP contribution in [0.25, 0.3) is 11.1 Å². The van der Waals surface area contributed by atoms with Crippen molar-refractivity contribution in [1.82, 2.24) is 0 Å². The first kappa shape index (κ1) is 9.01. The molecule has 0 aliphatic rings. The molecule has 0 aromatic heterocycles. The Labute approximate surface area is 85.2 Å². The van der Waals surface area contributed by atoms with Crippen LogP contribution in [0.15, 0.2) is 48.5 Å². The van der Waals surface area contributed by atoms with Crippen molar-refractivity contribution in [1.29, 1.82) is 0 Å². The highest BCUT2D eigenvalue weighted by Gasteiger charge is 2.01. The summed E-state index contributed by atoms with van der Waals surface area (Å²) in [5.74, 6) is 0. The lowest BCUT2D eigenvalue weighted by Gasteiger charge is -2.07. The summed E-state index contributed by atoms with van der Waals surface area (Å²) in [5.41, 5.74) is 4.90. The van der Waals surface area contributed by atoms with Gasteiger partial charge in [0.1, 0.15) is 0 Å². The van der Waals surface area contributed by atoms with Gasteiger partial charge in [0, 0.05) is 0 Å². The minimum Gasteiger partial charge on any atom is -0.0622 e. The van der Waals surface area contributed by atoms with E-state index in [2.05, 4.69) is 50.2 Å². The summed E-state index contributed by atoms with van der Waals surface area (Å²) in [6, 6.07) is 16.6. The zero-order valence-corrected chi connectivity index (χ0v) is 8.33. The van der Waals surface area contributed by atoms with Crippen LogP contribution < -0.4 is 0 Å². The van der Waals surface area contributed by atoms with E-state index in [4.69, 9.17) is 0 Å². The molecule has 0 heterocycles. The van der Waals surface area contributed by atoms with Crippen LogP contribution in [0.2, 0.25) is 0 Å². The highest BCUT2D eigenvalue weighted by Crippen LogP contribution is 2.24. The molecule has 0 aliphatic heterocycles. The third-order valence-electron chi connectivity index (χ3n) is 2.53. The van der Waals surface area contributed by atoms with Gasteiger partial charge in [-0.3, -0.25) is 0 Å². The predicted molar refractivity (Wildman–Crippen MR) is 61.1 cm³/mol. The van der Waals surface area contributed by atoms with Gasteiger partial charge in [0.2, 0.25) is 0 Å². The maximum Gasteiger partial charge on any atom is -0.0152 e. The average molecular weight is 181 g/mol. The Morgan fingerprint density at radius 2 is 1.57 bits per heavy atom. The second-order valence-corrected chi connectivity index (χ2v) is 3.46. The molecule has 0 unspecified atom stereocenters. The average Bonchev–Trinajstić information content (AvgIpc) is 2.23. The van der Waals surface area contributed by atoms with E-state index >= 15 is 0 Å². The molecule has 0 bridgehead atoms. The lowest BCUT2D eigenvalue weighted by molar-refractivity contribution is 1.41. The molecule has 2 aromatic carbocycles. The Morgan fingerprint density at radius 1 is 0.857 bits per heavy atom. The van der Waals surface area contributed by atoms with Gasteiger partial charge in [-0.05, 0) is 36.1 Å². The summed E-state index contributed by atoms with van der Waals surface area (Å²) in [6.45, 7) is 6.12. The first-order chi connectivity index (χ1) is 6.79. The van der Waals surface area contributed by atoms with Crippen LogP contribution in [0.4, 0.5) is 0 Å². The van der Waals surface area contributed by atoms with Gasteiger partial charge in [0.25, 0.3) is 0 Å². The van der Waals surface area contributed by atoms with Gasteiger partial charge in [-0.1, -0.05) is 48.5 Å². The van der Waals surface area contributed by atoms with Crippen molar-refractivity contribution in [2.45, 2.75) is 6.92 Å². The van der Waals surface area contributed by atoms with E-state index < -0.39 is 0 Å². The normalized spacial score (nSPS) is 10.1. The van der Waals surface area contributed by atoms with Crippen LogP contribution >= 0.6 is 0 Å². The molecule has 0 fully saturated rings. The molecule has 0 heteroatoms. The minimum atomic E-state index is 1.10. The maximum atomic E-state index is 4.01. The zero-order valence-electron chi connectivity index (χ0n) is 8.33. The number of benzene rings is 2. The van der Waals surface area contributed by atoms with Gasteiger partial charge < -0.3 is 0 Å². The van der Waals surface area contributed by atoms with Gasteiger partial charge in [0.15, 0.2) is 0 Å². The summed E-state index contributed by atoms with van der Waals surface area (Å²) < 4.78 is 0. The first-order valence-corrected chi connectivity index (χ1v) is 4.76. The van der Waals surface area contributed by atoms with Gasteiger partial charge in [-0.15, -0.1) is 0 Å². The third-order valence-corrected chi connectivity index (χ3v) is 2.53. The van der Waals surface area contributed by atoms with Gasteiger partial charge >= 0.3 is 0 Å². The summed E-state index contributed by atoms with van der Waals surface area (Å²) in [7, 11) is 0. The lowest BCUT2D eigenvalue weighted by atomic mass is 9.97. The van der Waals surface area contributed by atoms with Crippen molar-refractivity contribution in [2.75, 3.05) is 0 Å². The van der Waals surface area contributed by atoms with E-state index in [-0.39, 0.29) is 0 Å². The lowest BCUT2D eigenvalue weighted by Crippen LogP contribution is -1.85. The van der Waals surface area contributed by atoms with Crippen molar-refractivity contribution in [3.63, 3.8) is 0 Å². The van der Waals surface area contributed by atoms with Crippen molar-refractivity contribution >= 4 is 0 Å². The molecule has 0 aliphatic carbocycles. The van der Waals surface area contributed by atoms with Crippen molar-refractivity contribution in [3.8, 4) is 11.1 Å². The Morgan fingerprint density at radius 3 is 2.29 bits per heavy atom. The molecule has 0 saturated carbocycles. The van der Waals surface area contributed by atoms with Gasteiger partial charge in [-0.2, -0.15) is 0 Å². The third kappa shape index (κ3) is 1.56.